The van der Waals surface area contributed by atoms with Crippen LogP contribution in [-0.4, -0.2) is 16.9 Å². The Hall–Kier alpha value is -3.61. The van der Waals surface area contributed by atoms with Crippen molar-refractivity contribution in [2.24, 2.45) is 0 Å². The van der Waals surface area contributed by atoms with Crippen LogP contribution in [0.4, 0.5) is 11.4 Å². The Kier molecular flexibility index (Phi) is 4.94. The van der Waals surface area contributed by atoms with E-state index in [0.29, 0.717) is 11.4 Å². The van der Waals surface area contributed by atoms with Crippen LogP contribution in [0.3, 0.4) is 0 Å². The van der Waals surface area contributed by atoms with Crippen LogP contribution in [0.15, 0.2) is 95.9 Å². The fourth-order valence-electron chi connectivity index (χ4n) is 3.67. The van der Waals surface area contributed by atoms with Crippen molar-refractivity contribution in [3.8, 4) is 0 Å². The molecule has 4 nitrogen and oxygen atoms in total. The van der Waals surface area contributed by atoms with Gasteiger partial charge in [-0.15, -0.1) is 11.3 Å². The van der Waals surface area contributed by atoms with Gasteiger partial charge in [-0.05, 0) is 53.3 Å². The molecular formula is C25H16N2O2S2. The third kappa shape index (κ3) is 3.36. The van der Waals surface area contributed by atoms with E-state index in [2.05, 4.69) is 0 Å². The fourth-order valence-corrected chi connectivity index (χ4v) is 4.69. The number of thiocarbonyl (C=S) groups is 1. The maximum Gasteiger partial charge on any atom is 0.270 e. The first-order chi connectivity index (χ1) is 15.1. The van der Waals surface area contributed by atoms with Gasteiger partial charge in [0.15, 0.2) is 5.11 Å². The lowest BCUT2D eigenvalue weighted by Gasteiger charge is -2.37. The Morgan fingerprint density at radius 2 is 1.45 bits per heavy atom. The van der Waals surface area contributed by atoms with Gasteiger partial charge in [0.2, 0.25) is 0 Å². The minimum Gasteiger partial charge on any atom is -0.268 e. The molecule has 3 aromatic carbocycles. The molecule has 0 atom stereocenters. The minimum absolute atomic E-state index is 0.0767. The van der Waals surface area contributed by atoms with E-state index in [4.69, 9.17) is 12.2 Å². The summed E-state index contributed by atoms with van der Waals surface area (Å²) in [6.07, 6.45) is 1.64. The first-order valence-corrected chi connectivity index (χ1v) is 10.9. The molecule has 1 aliphatic heterocycles. The molecular weight excluding hydrogens is 424 g/mol. The second-order valence-corrected chi connectivity index (χ2v) is 8.32. The average Bonchev–Trinajstić information content (AvgIpc) is 3.31. The predicted molar refractivity (Wildman–Crippen MR) is 130 cm³/mol. The zero-order chi connectivity index (χ0) is 21.4. The van der Waals surface area contributed by atoms with Crippen molar-refractivity contribution in [2.45, 2.75) is 0 Å². The van der Waals surface area contributed by atoms with Gasteiger partial charge in [0.1, 0.15) is 5.57 Å². The van der Waals surface area contributed by atoms with Crippen LogP contribution < -0.4 is 9.80 Å². The van der Waals surface area contributed by atoms with E-state index in [9.17, 15) is 9.59 Å². The van der Waals surface area contributed by atoms with Gasteiger partial charge in [0.25, 0.3) is 11.8 Å². The highest BCUT2D eigenvalue weighted by Crippen LogP contribution is 2.34. The summed E-state index contributed by atoms with van der Waals surface area (Å²) >= 11 is 7.18. The number of rotatable bonds is 3. The van der Waals surface area contributed by atoms with Crippen LogP contribution in [0.2, 0.25) is 0 Å². The number of amides is 2. The van der Waals surface area contributed by atoms with E-state index in [-0.39, 0.29) is 10.7 Å². The maximum atomic E-state index is 13.6. The van der Waals surface area contributed by atoms with Crippen molar-refractivity contribution in [3.63, 3.8) is 0 Å². The number of hydrogen-bond acceptors (Lipinski definition) is 4. The Labute approximate surface area is 188 Å². The molecule has 150 valence electrons. The molecule has 1 aromatic heterocycles. The van der Waals surface area contributed by atoms with Crippen LogP contribution in [-0.2, 0) is 9.59 Å². The lowest BCUT2D eigenvalue weighted by Crippen LogP contribution is -2.57. The molecule has 5 rings (SSSR count). The number of hydrogen-bond donors (Lipinski definition) is 0. The maximum absolute atomic E-state index is 13.6. The number of fused-ring (bicyclic) bond motifs is 1. The quantitative estimate of drug-likeness (QED) is 0.235. The zero-order valence-electron chi connectivity index (χ0n) is 16.3. The van der Waals surface area contributed by atoms with E-state index in [1.54, 1.807) is 6.08 Å². The molecule has 31 heavy (non-hydrogen) atoms. The first-order valence-electron chi connectivity index (χ1n) is 9.66. The van der Waals surface area contributed by atoms with E-state index in [0.717, 1.165) is 15.6 Å². The summed E-state index contributed by atoms with van der Waals surface area (Å²) in [5.74, 6) is -0.849. The first kappa shape index (κ1) is 19.4. The molecule has 1 aliphatic rings. The van der Waals surface area contributed by atoms with Crippen molar-refractivity contribution in [1.82, 2.24) is 0 Å². The summed E-state index contributed by atoms with van der Waals surface area (Å²) in [7, 11) is 0. The van der Waals surface area contributed by atoms with Crippen LogP contribution in [0.1, 0.15) is 4.88 Å². The van der Waals surface area contributed by atoms with E-state index in [1.807, 2.05) is 90.3 Å². The fraction of sp³-hybridized carbons (Fsp3) is 0. The molecule has 0 spiro atoms. The summed E-state index contributed by atoms with van der Waals surface area (Å²) in [5, 5.41) is 3.92. The number of carbonyl (C=O) groups excluding carboxylic acids is 2. The van der Waals surface area contributed by atoms with Crippen LogP contribution in [0, 0.1) is 0 Å². The molecule has 2 amide bonds. The summed E-state index contributed by atoms with van der Waals surface area (Å²) in [4.78, 5) is 30.8. The van der Waals surface area contributed by atoms with Gasteiger partial charge in [0, 0.05) is 10.3 Å². The highest BCUT2D eigenvalue weighted by Gasteiger charge is 2.41. The SMILES string of the molecule is O=C1/C(=C/c2cccs2)C(=O)N(c2cccc3ccccc23)C(=S)N1c1ccccc1. The Morgan fingerprint density at radius 3 is 2.23 bits per heavy atom. The molecule has 0 bridgehead atoms. The molecule has 0 N–H and O–H groups in total. The standard InChI is InChI=1S/C25H16N2O2S2/c28-23-21(16-19-12-7-15-31-19)24(29)27(25(30)26(23)18-10-2-1-3-11-18)22-14-6-9-17-8-4-5-13-20(17)22/h1-16H/b21-16-. The molecule has 1 saturated heterocycles. The van der Waals surface area contributed by atoms with Crippen molar-refractivity contribution < 1.29 is 9.59 Å². The van der Waals surface area contributed by atoms with Gasteiger partial charge in [-0.3, -0.25) is 19.4 Å². The normalized spacial score (nSPS) is 15.9. The summed E-state index contributed by atoms with van der Waals surface area (Å²) in [5.41, 5.74) is 1.35. The van der Waals surface area contributed by atoms with Gasteiger partial charge in [-0.25, -0.2) is 0 Å². The molecule has 6 heteroatoms. The van der Waals surface area contributed by atoms with Crippen molar-refractivity contribution >= 4 is 68.7 Å². The number of anilines is 2. The second kappa shape index (κ2) is 7.91. The minimum atomic E-state index is -0.425. The van der Waals surface area contributed by atoms with E-state index >= 15 is 0 Å². The lowest BCUT2D eigenvalue weighted by atomic mass is 10.0. The van der Waals surface area contributed by atoms with Gasteiger partial charge < -0.3 is 0 Å². The Bertz CT molecular complexity index is 1340. The molecule has 0 saturated carbocycles. The average molecular weight is 441 g/mol. The molecule has 0 aliphatic carbocycles. The monoisotopic (exact) mass is 440 g/mol. The van der Waals surface area contributed by atoms with Gasteiger partial charge in [-0.2, -0.15) is 0 Å². The van der Waals surface area contributed by atoms with Crippen LogP contribution in [0.25, 0.3) is 16.8 Å². The number of thiophene rings is 1. The van der Waals surface area contributed by atoms with E-state index < -0.39 is 11.8 Å². The van der Waals surface area contributed by atoms with Gasteiger partial charge >= 0.3 is 0 Å². The molecule has 2 heterocycles. The largest absolute Gasteiger partial charge is 0.270 e. The molecule has 1 fully saturated rings. The summed E-state index contributed by atoms with van der Waals surface area (Å²) < 4.78 is 0. The van der Waals surface area contributed by atoms with Crippen LogP contribution >= 0.6 is 23.6 Å². The zero-order valence-corrected chi connectivity index (χ0v) is 17.9. The molecule has 0 unspecified atom stereocenters. The number of para-hydroxylation sites is 1. The second-order valence-electron chi connectivity index (χ2n) is 6.97. The predicted octanol–water partition coefficient (Wildman–Crippen LogP) is 5.65. The molecule has 4 aromatic rings. The highest BCUT2D eigenvalue weighted by atomic mass is 32.1. The van der Waals surface area contributed by atoms with Crippen molar-refractivity contribution in [2.75, 3.05) is 9.80 Å². The number of nitrogens with zero attached hydrogens (tertiary/aromatic N) is 2. The number of benzene rings is 3. The van der Waals surface area contributed by atoms with E-state index in [1.165, 1.54) is 21.1 Å². The summed E-state index contributed by atoms with van der Waals surface area (Å²) in [6.45, 7) is 0. The lowest BCUT2D eigenvalue weighted by molar-refractivity contribution is -0.120. The number of carbonyl (C=O) groups is 2. The smallest absolute Gasteiger partial charge is 0.268 e. The molecule has 0 radical (unpaired) electrons. The summed E-state index contributed by atoms with van der Waals surface area (Å²) in [6, 6.07) is 26.5. The topological polar surface area (TPSA) is 40.6 Å². The van der Waals surface area contributed by atoms with Crippen LogP contribution in [0.5, 0.6) is 0 Å². The van der Waals surface area contributed by atoms with Gasteiger partial charge in [-0.1, -0.05) is 60.7 Å². The third-order valence-electron chi connectivity index (χ3n) is 5.10. The van der Waals surface area contributed by atoms with Crippen molar-refractivity contribution in [1.29, 1.82) is 0 Å². The van der Waals surface area contributed by atoms with Gasteiger partial charge in [0.05, 0.1) is 11.4 Å². The Balaban J connectivity index is 1.72. The highest BCUT2D eigenvalue weighted by molar-refractivity contribution is 7.81. The Morgan fingerprint density at radius 1 is 0.742 bits per heavy atom. The van der Waals surface area contributed by atoms with Crippen molar-refractivity contribution in [3.05, 3.63) is 101 Å². The third-order valence-corrected chi connectivity index (χ3v) is 6.29.